The largest absolute Gasteiger partial charge is 0.507 e. The highest BCUT2D eigenvalue weighted by Gasteiger charge is 2.46. The van der Waals surface area contributed by atoms with E-state index in [1.807, 2.05) is 25.1 Å². The molecule has 1 fully saturated rings. The molecule has 31 heavy (non-hydrogen) atoms. The zero-order valence-electron chi connectivity index (χ0n) is 17.5. The van der Waals surface area contributed by atoms with Gasteiger partial charge < -0.3 is 19.6 Å². The number of likely N-dealkylation sites (tertiary alicyclic amines) is 1. The maximum atomic E-state index is 13.0. The number of carbonyl (C=O) groups excluding carboxylic acids is 2. The lowest BCUT2D eigenvalue weighted by Crippen LogP contribution is -2.35. The van der Waals surface area contributed by atoms with Crippen LogP contribution in [0.15, 0.2) is 66.8 Å². The Hall–Kier alpha value is -3.09. The molecule has 1 heterocycles. The molecule has 0 saturated carbocycles. The number of benzene rings is 2. The molecule has 6 nitrogen and oxygen atoms in total. The Balaban J connectivity index is 2.12. The second-order valence-electron chi connectivity index (χ2n) is 7.47. The van der Waals surface area contributed by atoms with Crippen LogP contribution in [0.5, 0.6) is 5.75 Å². The van der Waals surface area contributed by atoms with Gasteiger partial charge in [-0.2, -0.15) is 0 Å². The first-order chi connectivity index (χ1) is 14.8. The SMILES string of the molecule is C=CCOc1cccc([C@H]2/C(=C(\O)c3ccc(Cl)cc3)C(=O)C(=O)N2CCN(C)C)c1. The summed E-state index contributed by atoms with van der Waals surface area (Å²) < 4.78 is 5.63. The number of carbonyl (C=O) groups is 2. The number of aliphatic hydroxyl groups is 1. The summed E-state index contributed by atoms with van der Waals surface area (Å²) in [5.41, 5.74) is 1.14. The van der Waals surface area contributed by atoms with Crippen molar-refractivity contribution in [3.63, 3.8) is 0 Å². The van der Waals surface area contributed by atoms with Crippen LogP contribution in [-0.2, 0) is 9.59 Å². The van der Waals surface area contributed by atoms with Crippen molar-refractivity contribution in [2.24, 2.45) is 0 Å². The Labute approximate surface area is 187 Å². The quantitative estimate of drug-likeness (QED) is 0.292. The van der Waals surface area contributed by atoms with E-state index < -0.39 is 17.7 Å². The minimum atomic E-state index is -0.733. The number of aliphatic hydroxyl groups excluding tert-OH is 1. The minimum absolute atomic E-state index is 0.0481. The predicted molar refractivity (Wildman–Crippen MR) is 121 cm³/mol. The molecule has 1 aliphatic rings. The van der Waals surface area contributed by atoms with Gasteiger partial charge >= 0.3 is 0 Å². The third kappa shape index (κ3) is 4.98. The maximum Gasteiger partial charge on any atom is 0.295 e. The van der Waals surface area contributed by atoms with E-state index in [4.69, 9.17) is 16.3 Å². The molecule has 2 aromatic rings. The third-order valence-corrected chi connectivity index (χ3v) is 5.24. The number of rotatable bonds is 8. The summed E-state index contributed by atoms with van der Waals surface area (Å²) in [6, 6.07) is 12.9. The number of halogens is 1. The molecule has 7 heteroatoms. The Bertz CT molecular complexity index is 1010. The average molecular weight is 441 g/mol. The van der Waals surface area contributed by atoms with E-state index in [1.54, 1.807) is 48.5 Å². The molecule has 1 amide bonds. The highest BCUT2D eigenvalue weighted by molar-refractivity contribution is 6.46. The van der Waals surface area contributed by atoms with Crippen LogP contribution in [0.4, 0.5) is 0 Å². The van der Waals surface area contributed by atoms with Crippen LogP contribution in [0, 0.1) is 0 Å². The first-order valence-electron chi connectivity index (χ1n) is 9.86. The van der Waals surface area contributed by atoms with Crippen molar-refractivity contribution in [1.29, 1.82) is 0 Å². The summed E-state index contributed by atoms with van der Waals surface area (Å²) in [4.78, 5) is 29.3. The molecule has 2 aromatic carbocycles. The monoisotopic (exact) mass is 440 g/mol. The number of likely N-dealkylation sites (N-methyl/N-ethyl adjacent to an activating group) is 1. The Morgan fingerprint density at radius 2 is 1.94 bits per heavy atom. The second kappa shape index (κ2) is 9.81. The van der Waals surface area contributed by atoms with Gasteiger partial charge in [-0.1, -0.05) is 36.4 Å². The summed E-state index contributed by atoms with van der Waals surface area (Å²) >= 11 is 5.95. The molecule has 1 atom stereocenters. The van der Waals surface area contributed by atoms with E-state index in [9.17, 15) is 14.7 Å². The van der Waals surface area contributed by atoms with Crippen molar-refractivity contribution in [3.8, 4) is 5.75 Å². The summed E-state index contributed by atoms with van der Waals surface area (Å²) in [7, 11) is 3.78. The van der Waals surface area contributed by atoms with Crippen molar-refractivity contribution < 1.29 is 19.4 Å². The topological polar surface area (TPSA) is 70.1 Å². The number of amides is 1. The van der Waals surface area contributed by atoms with Crippen molar-refractivity contribution >= 4 is 29.1 Å². The normalized spacial score (nSPS) is 17.9. The van der Waals surface area contributed by atoms with Gasteiger partial charge in [0.2, 0.25) is 0 Å². The van der Waals surface area contributed by atoms with Crippen molar-refractivity contribution in [2.75, 3.05) is 33.8 Å². The van der Waals surface area contributed by atoms with E-state index in [-0.39, 0.29) is 11.3 Å². The van der Waals surface area contributed by atoms with Gasteiger partial charge in [-0.3, -0.25) is 9.59 Å². The van der Waals surface area contributed by atoms with Crippen LogP contribution in [0.25, 0.3) is 5.76 Å². The molecule has 0 aliphatic carbocycles. The molecular formula is C24H25ClN2O4. The van der Waals surface area contributed by atoms with E-state index in [1.165, 1.54) is 4.90 Å². The molecule has 0 spiro atoms. The van der Waals surface area contributed by atoms with Gasteiger partial charge in [0.25, 0.3) is 11.7 Å². The zero-order chi connectivity index (χ0) is 22.5. The number of hydrogen-bond acceptors (Lipinski definition) is 5. The maximum absolute atomic E-state index is 13.0. The van der Waals surface area contributed by atoms with Crippen LogP contribution in [0.3, 0.4) is 0 Å². The van der Waals surface area contributed by atoms with E-state index in [0.717, 1.165) is 0 Å². The van der Waals surface area contributed by atoms with E-state index in [0.29, 0.717) is 41.6 Å². The molecular weight excluding hydrogens is 416 g/mol. The second-order valence-corrected chi connectivity index (χ2v) is 7.91. The Morgan fingerprint density at radius 3 is 2.58 bits per heavy atom. The molecule has 1 N–H and O–H groups in total. The Morgan fingerprint density at radius 1 is 1.23 bits per heavy atom. The minimum Gasteiger partial charge on any atom is -0.507 e. The lowest BCUT2D eigenvalue weighted by Gasteiger charge is -2.26. The van der Waals surface area contributed by atoms with E-state index in [2.05, 4.69) is 6.58 Å². The van der Waals surface area contributed by atoms with Gasteiger partial charge in [-0.05, 0) is 56.1 Å². The summed E-state index contributed by atoms with van der Waals surface area (Å²) in [6.45, 7) is 4.87. The molecule has 0 bridgehead atoms. The van der Waals surface area contributed by atoms with Crippen molar-refractivity contribution in [3.05, 3.63) is 82.9 Å². The summed E-state index contributed by atoms with van der Waals surface area (Å²) in [6.07, 6.45) is 1.64. The fourth-order valence-corrected chi connectivity index (χ4v) is 3.58. The van der Waals surface area contributed by atoms with Gasteiger partial charge in [-0.15, -0.1) is 0 Å². The first kappa shape index (κ1) is 22.6. The van der Waals surface area contributed by atoms with E-state index >= 15 is 0 Å². The number of ketones is 1. The fraction of sp³-hybridized carbons (Fsp3) is 0.250. The van der Waals surface area contributed by atoms with Crippen LogP contribution >= 0.6 is 11.6 Å². The zero-order valence-corrected chi connectivity index (χ0v) is 18.3. The molecule has 3 rings (SSSR count). The number of Topliss-reactive ketones (excluding diaryl/α,β-unsaturated/α-hetero) is 1. The molecule has 1 saturated heterocycles. The lowest BCUT2D eigenvalue weighted by atomic mass is 9.95. The van der Waals surface area contributed by atoms with Crippen molar-refractivity contribution in [1.82, 2.24) is 9.80 Å². The smallest absolute Gasteiger partial charge is 0.295 e. The van der Waals surface area contributed by atoms with Gasteiger partial charge in [-0.25, -0.2) is 0 Å². The molecule has 0 unspecified atom stereocenters. The van der Waals surface area contributed by atoms with Crippen molar-refractivity contribution in [2.45, 2.75) is 6.04 Å². The highest BCUT2D eigenvalue weighted by atomic mass is 35.5. The molecule has 0 aromatic heterocycles. The lowest BCUT2D eigenvalue weighted by molar-refractivity contribution is -0.140. The highest BCUT2D eigenvalue weighted by Crippen LogP contribution is 2.40. The van der Waals surface area contributed by atoms with Gasteiger partial charge in [0, 0.05) is 23.7 Å². The summed E-state index contributed by atoms with van der Waals surface area (Å²) in [5.74, 6) is -1.000. The van der Waals surface area contributed by atoms with Crippen LogP contribution in [0.1, 0.15) is 17.2 Å². The van der Waals surface area contributed by atoms with Crippen LogP contribution in [-0.4, -0.2) is 60.4 Å². The van der Waals surface area contributed by atoms with Gasteiger partial charge in [0.15, 0.2) is 0 Å². The summed E-state index contributed by atoms with van der Waals surface area (Å²) in [5, 5.41) is 11.5. The predicted octanol–water partition coefficient (Wildman–Crippen LogP) is 3.89. The third-order valence-electron chi connectivity index (χ3n) is 4.99. The number of nitrogens with zero attached hydrogens (tertiary/aromatic N) is 2. The average Bonchev–Trinajstić information content (AvgIpc) is 3.01. The first-order valence-corrected chi connectivity index (χ1v) is 10.2. The number of ether oxygens (including phenoxy) is 1. The molecule has 162 valence electrons. The van der Waals surface area contributed by atoms with Crippen LogP contribution in [0.2, 0.25) is 5.02 Å². The molecule has 0 radical (unpaired) electrons. The number of hydrogen-bond donors (Lipinski definition) is 1. The van der Waals surface area contributed by atoms with Crippen LogP contribution < -0.4 is 4.74 Å². The fourth-order valence-electron chi connectivity index (χ4n) is 3.46. The van der Waals surface area contributed by atoms with Gasteiger partial charge in [0.05, 0.1) is 11.6 Å². The molecule has 1 aliphatic heterocycles. The van der Waals surface area contributed by atoms with Gasteiger partial charge in [0.1, 0.15) is 18.1 Å². The Kier molecular flexibility index (Phi) is 7.15. The standard InChI is InChI=1S/C24H25ClN2O4/c1-4-14-31-19-7-5-6-17(15-19)21-20(22(28)16-8-10-18(25)11-9-16)23(29)24(30)27(21)13-12-26(2)3/h4-11,15,21,28H,1,12-14H2,2-3H3/b22-20+/t21-/m0/s1.